The van der Waals surface area contributed by atoms with Gasteiger partial charge in [-0.05, 0) is 50.2 Å². The molecule has 10 N–H and O–H groups in total. The molecule has 2 amide bonds. The summed E-state index contributed by atoms with van der Waals surface area (Å²) in [6.45, 7) is 5.61. The first-order valence-electron chi connectivity index (χ1n) is 10.4. The molecule has 2 atom stereocenters. The molecular formula is C22H32N6O4. The Balaban J connectivity index is 2.08. The van der Waals surface area contributed by atoms with Crippen LogP contribution in [0.5, 0.6) is 0 Å². The number of hydrogen-bond acceptors (Lipinski definition) is 8. The Hall–Kier alpha value is -3.50. The molecule has 0 radical (unpaired) electrons. The molecule has 0 unspecified atom stereocenters. The van der Waals surface area contributed by atoms with Crippen LogP contribution >= 0.6 is 0 Å². The van der Waals surface area contributed by atoms with E-state index in [0.717, 1.165) is 0 Å². The molecule has 0 heterocycles. The molecule has 0 bridgehead atoms. The average molecular weight is 445 g/mol. The summed E-state index contributed by atoms with van der Waals surface area (Å²) in [7, 11) is 0. The smallest absolute Gasteiger partial charge is 0.248 e. The fourth-order valence-electron chi connectivity index (χ4n) is 3.20. The van der Waals surface area contributed by atoms with Crippen LogP contribution < -0.4 is 33.6 Å². The van der Waals surface area contributed by atoms with E-state index in [4.69, 9.17) is 32.4 Å². The SMILES string of the molecule is CCO[C@@H](CNc1ccc(C(N)=O)cc1N)[C@H](CNc1ccc(C(N)=O)cc1N)OCC. The molecule has 32 heavy (non-hydrogen) atoms. The molecule has 10 heteroatoms. The molecule has 0 aliphatic rings. The van der Waals surface area contributed by atoms with Gasteiger partial charge in [0.05, 0.1) is 22.7 Å². The first-order valence-corrected chi connectivity index (χ1v) is 10.4. The van der Waals surface area contributed by atoms with E-state index in [1.165, 1.54) is 12.1 Å². The molecule has 2 aromatic rings. The van der Waals surface area contributed by atoms with Gasteiger partial charge in [0, 0.05) is 37.4 Å². The van der Waals surface area contributed by atoms with E-state index in [1.807, 2.05) is 13.8 Å². The summed E-state index contributed by atoms with van der Waals surface area (Å²) in [5.41, 5.74) is 25.5. The number of nitrogens with one attached hydrogen (secondary N) is 2. The Labute approximate surface area is 187 Å². The minimum absolute atomic E-state index is 0.311. The van der Waals surface area contributed by atoms with E-state index in [-0.39, 0.29) is 12.2 Å². The van der Waals surface area contributed by atoms with Gasteiger partial charge in [-0.1, -0.05) is 0 Å². The summed E-state index contributed by atoms with van der Waals surface area (Å²) in [6, 6.07) is 9.68. The second-order valence-corrected chi connectivity index (χ2v) is 7.08. The summed E-state index contributed by atoms with van der Waals surface area (Å²) in [4.78, 5) is 22.6. The number of benzene rings is 2. The van der Waals surface area contributed by atoms with Gasteiger partial charge in [-0.25, -0.2) is 0 Å². The molecule has 0 aliphatic heterocycles. The maximum absolute atomic E-state index is 11.3. The summed E-state index contributed by atoms with van der Waals surface area (Å²) in [5.74, 6) is -1.08. The van der Waals surface area contributed by atoms with Gasteiger partial charge in [0.15, 0.2) is 0 Å². The van der Waals surface area contributed by atoms with Gasteiger partial charge in [0.25, 0.3) is 0 Å². The molecule has 0 fully saturated rings. The molecule has 0 spiro atoms. The molecule has 10 nitrogen and oxygen atoms in total. The van der Waals surface area contributed by atoms with Gasteiger partial charge in [0.1, 0.15) is 12.2 Å². The standard InChI is InChI=1S/C22H32N6O4/c1-3-31-19(11-27-17-7-5-13(21(25)29)9-15(17)23)20(32-4-2)12-28-18-8-6-14(22(26)30)10-16(18)24/h5-10,19-20,27-28H,3-4,11-12,23-24H2,1-2H3,(H2,25,29)(H2,26,30)/t19-,20-/m0/s1. The number of rotatable bonds is 13. The molecule has 2 aromatic carbocycles. The largest absolute Gasteiger partial charge is 0.397 e. The van der Waals surface area contributed by atoms with Crippen molar-refractivity contribution in [2.24, 2.45) is 11.5 Å². The van der Waals surface area contributed by atoms with E-state index in [0.29, 0.717) is 60.2 Å². The highest BCUT2D eigenvalue weighted by Gasteiger charge is 2.23. The predicted octanol–water partition coefficient (Wildman–Crippen LogP) is 1.38. The van der Waals surface area contributed by atoms with Crippen molar-refractivity contribution in [1.29, 1.82) is 0 Å². The number of anilines is 4. The molecule has 2 rings (SSSR count). The number of ether oxygens (including phenoxy) is 2. The second-order valence-electron chi connectivity index (χ2n) is 7.08. The quantitative estimate of drug-likeness (QED) is 0.251. The van der Waals surface area contributed by atoms with E-state index in [9.17, 15) is 9.59 Å². The van der Waals surface area contributed by atoms with Crippen LogP contribution in [0.1, 0.15) is 34.6 Å². The zero-order valence-corrected chi connectivity index (χ0v) is 18.4. The maximum atomic E-state index is 11.3. The van der Waals surface area contributed by atoms with Crippen molar-refractivity contribution in [1.82, 2.24) is 0 Å². The Bertz CT molecular complexity index is 861. The highest BCUT2D eigenvalue weighted by atomic mass is 16.5. The summed E-state index contributed by atoms with van der Waals surface area (Å²) < 4.78 is 11.8. The van der Waals surface area contributed by atoms with Gasteiger partial charge in [-0.3, -0.25) is 9.59 Å². The lowest BCUT2D eigenvalue weighted by molar-refractivity contribution is -0.0539. The maximum Gasteiger partial charge on any atom is 0.248 e. The Morgan fingerprint density at radius 2 is 1.16 bits per heavy atom. The third kappa shape index (κ3) is 6.76. The minimum atomic E-state index is -0.541. The van der Waals surface area contributed by atoms with E-state index in [1.54, 1.807) is 24.3 Å². The normalized spacial score (nSPS) is 12.7. The van der Waals surface area contributed by atoms with Crippen molar-refractivity contribution in [2.45, 2.75) is 26.1 Å². The third-order valence-corrected chi connectivity index (χ3v) is 4.84. The van der Waals surface area contributed by atoms with Crippen LogP contribution in [0.15, 0.2) is 36.4 Å². The third-order valence-electron chi connectivity index (χ3n) is 4.84. The number of nitrogens with two attached hydrogens (primary N) is 4. The number of primary amides is 2. The van der Waals surface area contributed by atoms with Crippen molar-refractivity contribution in [3.05, 3.63) is 47.5 Å². The molecule has 174 valence electrons. The fraction of sp³-hybridized carbons (Fsp3) is 0.364. The van der Waals surface area contributed by atoms with Crippen LogP contribution in [0.4, 0.5) is 22.7 Å². The van der Waals surface area contributed by atoms with Gasteiger partial charge in [-0.2, -0.15) is 0 Å². The van der Waals surface area contributed by atoms with Gasteiger partial charge in [0.2, 0.25) is 11.8 Å². The average Bonchev–Trinajstić information content (AvgIpc) is 2.75. The number of amides is 2. The van der Waals surface area contributed by atoms with Crippen LogP contribution in [-0.2, 0) is 9.47 Å². The minimum Gasteiger partial charge on any atom is -0.397 e. The van der Waals surface area contributed by atoms with Crippen LogP contribution in [0, 0.1) is 0 Å². The molecule has 0 aromatic heterocycles. The number of carbonyl (C=O) groups is 2. The lowest BCUT2D eigenvalue weighted by Crippen LogP contribution is -2.42. The van der Waals surface area contributed by atoms with Gasteiger partial charge in [-0.15, -0.1) is 0 Å². The Morgan fingerprint density at radius 3 is 1.44 bits per heavy atom. The summed E-state index contributed by atoms with van der Waals surface area (Å²) >= 11 is 0. The summed E-state index contributed by atoms with van der Waals surface area (Å²) in [6.07, 6.45) is -0.623. The Kier molecular flexibility index (Phi) is 9.11. The zero-order valence-electron chi connectivity index (χ0n) is 18.4. The lowest BCUT2D eigenvalue weighted by atomic mass is 10.1. The predicted molar refractivity (Wildman–Crippen MR) is 127 cm³/mol. The lowest BCUT2D eigenvalue weighted by Gasteiger charge is -2.28. The monoisotopic (exact) mass is 444 g/mol. The highest BCUT2D eigenvalue weighted by Crippen LogP contribution is 2.22. The van der Waals surface area contributed by atoms with E-state index < -0.39 is 11.8 Å². The van der Waals surface area contributed by atoms with Crippen LogP contribution in [0.2, 0.25) is 0 Å². The van der Waals surface area contributed by atoms with Crippen LogP contribution in [-0.4, -0.2) is 50.3 Å². The number of carbonyl (C=O) groups excluding carboxylic acids is 2. The molecule has 0 aliphatic carbocycles. The van der Waals surface area contributed by atoms with Crippen LogP contribution in [0.3, 0.4) is 0 Å². The number of nitrogen functional groups attached to an aromatic ring is 2. The Morgan fingerprint density at radius 1 is 0.781 bits per heavy atom. The van der Waals surface area contributed by atoms with Crippen molar-refractivity contribution >= 4 is 34.6 Å². The summed E-state index contributed by atoms with van der Waals surface area (Å²) in [5, 5.41) is 6.49. The van der Waals surface area contributed by atoms with Gasteiger partial charge < -0.3 is 43.0 Å². The van der Waals surface area contributed by atoms with Crippen molar-refractivity contribution in [3.63, 3.8) is 0 Å². The molecule has 0 saturated heterocycles. The van der Waals surface area contributed by atoms with Crippen molar-refractivity contribution in [2.75, 3.05) is 48.4 Å². The molecular weight excluding hydrogens is 412 g/mol. The van der Waals surface area contributed by atoms with Gasteiger partial charge >= 0.3 is 0 Å². The van der Waals surface area contributed by atoms with E-state index in [2.05, 4.69) is 10.6 Å². The highest BCUT2D eigenvalue weighted by molar-refractivity contribution is 5.95. The first kappa shape index (κ1) is 24.8. The van der Waals surface area contributed by atoms with Crippen LogP contribution in [0.25, 0.3) is 0 Å². The number of hydrogen-bond donors (Lipinski definition) is 6. The fourth-order valence-corrected chi connectivity index (χ4v) is 3.20. The molecule has 0 saturated carbocycles. The first-order chi connectivity index (χ1) is 15.3. The van der Waals surface area contributed by atoms with Crippen molar-refractivity contribution < 1.29 is 19.1 Å². The topological polar surface area (TPSA) is 181 Å². The van der Waals surface area contributed by atoms with Crippen molar-refractivity contribution in [3.8, 4) is 0 Å². The zero-order chi connectivity index (χ0) is 23.7. The second kappa shape index (κ2) is 11.8. The van der Waals surface area contributed by atoms with E-state index >= 15 is 0 Å².